The number of hydrazone groups is 1. The number of nitrogens with zero attached hydrogens (tertiary/aromatic N) is 1. The minimum atomic E-state index is -0.569. The largest absolute Gasteiger partial charge is 0.465 e. The molecule has 5 nitrogen and oxygen atoms in total. The molecule has 0 saturated heterocycles. The van der Waals surface area contributed by atoms with E-state index >= 15 is 0 Å². The number of hydrogen-bond donors (Lipinski definition) is 1. The van der Waals surface area contributed by atoms with Gasteiger partial charge in [0.15, 0.2) is 0 Å². The molecule has 1 aromatic rings. The Morgan fingerprint density at radius 2 is 2.60 bits per heavy atom. The van der Waals surface area contributed by atoms with Gasteiger partial charge in [-0.25, -0.2) is 10.2 Å². The summed E-state index contributed by atoms with van der Waals surface area (Å²) in [6.07, 6.45) is 5.80. The van der Waals surface area contributed by atoms with Crippen LogP contribution in [0.25, 0.3) is 6.08 Å². The summed E-state index contributed by atoms with van der Waals surface area (Å²) in [5.74, 6) is 0.720. The first-order valence-electron chi connectivity index (χ1n) is 4.49. The first-order valence-corrected chi connectivity index (χ1v) is 4.49. The van der Waals surface area contributed by atoms with E-state index in [-0.39, 0.29) is 0 Å². The van der Waals surface area contributed by atoms with Crippen LogP contribution >= 0.6 is 0 Å². The molecule has 5 heteroatoms. The molecule has 0 unspecified atom stereocenters. The summed E-state index contributed by atoms with van der Waals surface area (Å²) in [7, 11) is 0. The lowest BCUT2D eigenvalue weighted by atomic mass is 10.4. The Bertz CT molecular complexity index is 342. The van der Waals surface area contributed by atoms with Gasteiger partial charge in [0.2, 0.25) is 0 Å². The number of nitrogens with one attached hydrogen (secondary N) is 1. The van der Waals surface area contributed by atoms with Gasteiger partial charge in [-0.05, 0) is 31.2 Å². The highest BCUT2D eigenvalue weighted by molar-refractivity contribution is 5.78. The van der Waals surface area contributed by atoms with Gasteiger partial charge in [-0.2, -0.15) is 5.10 Å². The number of carbonyl (C=O) groups is 1. The minimum absolute atomic E-state index is 0.323. The van der Waals surface area contributed by atoms with Gasteiger partial charge in [-0.15, -0.1) is 0 Å². The lowest BCUT2D eigenvalue weighted by Crippen LogP contribution is -2.18. The molecule has 0 aliphatic heterocycles. The molecule has 1 N–H and O–H groups in total. The highest BCUT2D eigenvalue weighted by Crippen LogP contribution is 2.00. The van der Waals surface area contributed by atoms with Gasteiger partial charge in [-0.1, -0.05) is 0 Å². The highest BCUT2D eigenvalue weighted by atomic mass is 16.5. The number of rotatable bonds is 4. The van der Waals surface area contributed by atoms with Crippen LogP contribution in [0, 0.1) is 0 Å². The molecule has 0 spiro atoms. The Morgan fingerprint density at radius 3 is 3.27 bits per heavy atom. The van der Waals surface area contributed by atoms with Crippen LogP contribution in [-0.4, -0.2) is 18.9 Å². The normalized spacial score (nSPS) is 11.0. The molecule has 0 aliphatic carbocycles. The number of amides is 1. The van der Waals surface area contributed by atoms with E-state index in [1.165, 1.54) is 6.21 Å². The van der Waals surface area contributed by atoms with Crippen LogP contribution < -0.4 is 5.43 Å². The number of carbonyl (C=O) groups excluding carboxylic acids is 1. The quantitative estimate of drug-likeness (QED) is 0.608. The van der Waals surface area contributed by atoms with Crippen LogP contribution in [0.4, 0.5) is 4.79 Å². The number of furan rings is 1. The molecule has 1 rings (SSSR count). The standard InChI is InChI=1S/C10H12N2O3/c1-2-14-10(13)12-11-7-3-5-9-6-4-8-15-9/h3-8H,2H2,1H3,(H,12,13)/b5-3+,11-7-. The zero-order valence-electron chi connectivity index (χ0n) is 8.34. The van der Waals surface area contributed by atoms with Crippen LogP contribution in [0.3, 0.4) is 0 Å². The minimum Gasteiger partial charge on any atom is -0.465 e. The van der Waals surface area contributed by atoms with Crippen molar-refractivity contribution in [2.75, 3.05) is 6.61 Å². The summed E-state index contributed by atoms with van der Waals surface area (Å²) in [6, 6.07) is 3.59. The first-order chi connectivity index (χ1) is 7.33. The molecular formula is C10H12N2O3. The number of allylic oxidation sites excluding steroid dienone is 1. The summed E-state index contributed by atoms with van der Waals surface area (Å²) >= 11 is 0. The molecular weight excluding hydrogens is 196 g/mol. The topological polar surface area (TPSA) is 63.8 Å². The highest BCUT2D eigenvalue weighted by Gasteiger charge is 1.93. The first kappa shape index (κ1) is 11.0. The molecule has 1 aromatic heterocycles. The van der Waals surface area contributed by atoms with Gasteiger partial charge in [0.25, 0.3) is 0 Å². The van der Waals surface area contributed by atoms with Crippen molar-refractivity contribution in [3.8, 4) is 0 Å². The van der Waals surface area contributed by atoms with Crippen LogP contribution in [0.2, 0.25) is 0 Å². The maximum absolute atomic E-state index is 10.7. The van der Waals surface area contributed by atoms with Crippen molar-refractivity contribution in [2.45, 2.75) is 6.92 Å². The molecule has 15 heavy (non-hydrogen) atoms. The van der Waals surface area contributed by atoms with E-state index < -0.39 is 6.09 Å². The van der Waals surface area contributed by atoms with Gasteiger partial charge in [0.05, 0.1) is 12.9 Å². The fourth-order valence-electron chi connectivity index (χ4n) is 0.820. The average molecular weight is 208 g/mol. The molecule has 0 fully saturated rings. The second-order valence-electron chi connectivity index (χ2n) is 2.48. The maximum atomic E-state index is 10.7. The van der Waals surface area contributed by atoms with E-state index in [4.69, 9.17) is 4.42 Å². The van der Waals surface area contributed by atoms with Crippen molar-refractivity contribution >= 4 is 18.4 Å². The summed E-state index contributed by atoms with van der Waals surface area (Å²) in [4.78, 5) is 10.7. The molecule has 0 radical (unpaired) electrons. The van der Waals surface area contributed by atoms with E-state index in [2.05, 4.69) is 15.3 Å². The molecule has 80 valence electrons. The van der Waals surface area contributed by atoms with Crippen molar-refractivity contribution < 1.29 is 13.9 Å². The Kier molecular flexibility index (Phi) is 4.72. The zero-order valence-corrected chi connectivity index (χ0v) is 8.34. The smallest absolute Gasteiger partial charge is 0.427 e. The summed E-state index contributed by atoms with van der Waals surface area (Å²) in [5.41, 5.74) is 2.19. The Morgan fingerprint density at radius 1 is 1.73 bits per heavy atom. The molecule has 1 heterocycles. The Hall–Kier alpha value is -2.04. The summed E-state index contributed by atoms with van der Waals surface area (Å²) in [5, 5.41) is 3.61. The molecule has 1 amide bonds. The van der Waals surface area contributed by atoms with Crippen molar-refractivity contribution in [1.82, 2.24) is 5.43 Å². The molecule has 0 aromatic carbocycles. The van der Waals surface area contributed by atoms with Crippen molar-refractivity contribution in [1.29, 1.82) is 0 Å². The summed E-state index contributed by atoms with van der Waals surface area (Å²) in [6.45, 7) is 2.05. The van der Waals surface area contributed by atoms with E-state index in [0.717, 1.165) is 5.76 Å². The van der Waals surface area contributed by atoms with E-state index in [1.807, 2.05) is 6.07 Å². The van der Waals surface area contributed by atoms with Crippen LogP contribution in [-0.2, 0) is 4.74 Å². The summed E-state index contributed by atoms with van der Waals surface area (Å²) < 4.78 is 9.63. The third-order valence-electron chi connectivity index (χ3n) is 1.40. The van der Waals surface area contributed by atoms with Crippen LogP contribution in [0.15, 0.2) is 34.0 Å². The van der Waals surface area contributed by atoms with Gasteiger partial charge >= 0.3 is 6.09 Å². The van der Waals surface area contributed by atoms with Crippen molar-refractivity contribution in [3.05, 3.63) is 30.2 Å². The second-order valence-corrected chi connectivity index (χ2v) is 2.48. The predicted molar refractivity (Wildman–Crippen MR) is 56.4 cm³/mol. The Balaban J connectivity index is 2.25. The van der Waals surface area contributed by atoms with E-state index in [1.54, 1.807) is 31.4 Å². The fourth-order valence-corrected chi connectivity index (χ4v) is 0.820. The third-order valence-corrected chi connectivity index (χ3v) is 1.40. The number of hydrogen-bond acceptors (Lipinski definition) is 4. The SMILES string of the molecule is CCOC(=O)N/N=C\C=C\c1ccco1. The fraction of sp³-hybridized carbons (Fsp3) is 0.200. The third kappa shape index (κ3) is 4.66. The molecule has 0 aliphatic rings. The molecule has 0 saturated carbocycles. The lowest BCUT2D eigenvalue weighted by Gasteiger charge is -1.97. The zero-order chi connectivity index (χ0) is 10.9. The van der Waals surface area contributed by atoms with Crippen LogP contribution in [0.5, 0.6) is 0 Å². The lowest BCUT2D eigenvalue weighted by molar-refractivity contribution is 0.152. The Labute approximate surface area is 87.4 Å². The van der Waals surface area contributed by atoms with Gasteiger partial charge in [0, 0.05) is 6.21 Å². The molecule has 0 atom stereocenters. The van der Waals surface area contributed by atoms with Crippen molar-refractivity contribution in [2.24, 2.45) is 5.10 Å². The molecule has 0 bridgehead atoms. The van der Waals surface area contributed by atoms with E-state index in [0.29, 0.717) is 6.61 Å². The number of ether oxygens (including phenoxy) is 1. The monoisotopic (exact) mass is 208 g/mol. The van der Waals surface area contributed by atoms with E-state index in [9.17, 15) is 4.79 Å². The van der Waals surface area contributed by atoms with Gasteiger partial charge in [0.1, 0.15) is 5.76 Å². The van der Waals surface area contributed by atoms with Gasteiger partial charge in [-0.3, -0.25) is 0 Å². The maximum Gasteiger partial charge on any atom is 0.427 e. The van der Waals surface area contributed by atoms with Gasteiger partial charge < -0.3 is 9.15 Å². The average Bonchev–Trinajstić information content (AvgIpc) is 2.70. The van der Waals surface area contributed by atoms with Crippen LogP contribution in [0.1, 0.15) is 12.7 Å². The van der Waals surface area contributed by atoms with Crippen molar-refractivity contribution in [3.63, 3.8) is 0 Å². The second kappa shape index (κ2) is 6.42. The predicted octanol–water partition coefficient (Wildman–Crippen LogP) is 2.02.